The molecule has 7 nitrogen and oxygen atoms in total. The fraction of sp³-hybridized carbons (Fsp3) is 0.700. The van der Waals surface area contributed by atoms with Crippen LogP contribution in [0.1, 0.15) is 40.0 Å². The van der Waals surface area contributed by atoms with Gasteiger partial charge in [0, 0.05) is 0 Å². The van der Waals surface area contributed by atoms with Crippen molar-refractivity contribution in [1.82, 2.24) is 0 Å². The molecule has 0 aromatic carbocycles. The van der Waals surface area contributed by atoms with Crippen LogP contribution >= 0.6 is 0 Å². The molecule has 8 heteroatoms. The standard InChI is InChI=1S/3C3H6O2.CH3O.Sn/c3*1-2-3(4)5;1-2;/h3*2H2,1H3,(H,4,5);1H3;/q;;;-1;+4/p-3. The van der Waals surface area contributed by atoms with Crippen LogP contribution in [0.4, 0.5) is 0 Å². The molecule has 0 aromatic rings. The van der Waals surface area contributed by atoms with E-state index in [0.717, 1.165) is 0 Å². The van der Waals surface area contributed by atoms with E-state index in [1.807, 2.05) is 0 Å². The van der Waals surface area contributed by atoms with E-state index in [1.54, 1.807) is 20.8 Å². The molecule has 0 amide bonds. The van der Waals surface area contributed by atoms with Gasteiger partial charge in [-0.05, 0) is 0 Å². The summed E-state index contributed by atoms with van der Waals surface area (Å²) in [6.45, 7) is 4.70. The molecule has 0 rings (SSSR count). The summed E-state index contributed by atoms with van der Waals surface area (Å²) < 4.78 is 19.8. The fourth-order valence-corrected chi connectivity index (χ4v) is 5.52. The van der Waals surface area contributed by atoms with Gasteiger partial charge in [0.15, 0.2) is 0 Å². The van der Waals surface area contributed by atoms with Crippen molar-refractivity contribution < 1.29 is 26.7 Å². The second-order valence-corrected chi connectivity index (χ2v) is 8.95. The van der Waals surface area contributed by atoms with Gasteiger partial charge in [-0.1, -0.05) is 0 Å². The number of carbonyl (C=O) groups is 3. The van der Waals surface area contributed by atoms with E-state index < -0.39 is 37.9 Å². The Balaban J connectivity index is 4.98. The first-order valence-corrected chi connectivity index (χ1v) is 10.3. The van der Waals surface area contributed by atoms with Crippen LogP contribution in [-0.2, 0) is 26.7 Å². The Bertz CT molecular complexity index is 270. The molecule has 0 aliphatic heterocycles. The van der Waals surface area contributed by atoms with Crippen molar-refractivity contribution in [3.8, 4) is 0 Å². The van der Waals surface area contributed by atoms with E-state index in [-0.39, 0.29) is 19.3 Å². The second-order valence-electron chi connectivity index (χ2n) is 3.19. The normalized spacial score (nSPS) is 10.7. The SMILES string of the molecule is CCC(=O)[O][Sn]([O]C)([O]C(=O)CC)[O]C(=O)CC. The molecule has 0 heterocycles. The van der Waals surface area contributed by atoms with Crippen molar-refractivity contribution in [2.75, 3.05) is 7.11 Å². The van der Waals surface area contributed by atoms with E-state index in [1.165, 1.54) is 7.11 Å². The summed E-state index contributed by atoms with van der Waals surface area (Å²) in [5.41, 5.74) is 0. The first kappa shape index (κ1) is 17.2. The Hall–Kier alpha value is -0.831. The Labute approximate surface area is 112 Å². The predicted molar refractivity (Wildman–Crippen MR) is 61.9 cm³/mol. The van der Waals surface area contributed by atoms with Crippen LogP contribution in [0.15, 0.2) is 0 Å². The number of hydrogen-bond donors (Lipinski definition) is 0. The van der Waals surface area contributed by atoms with Crippen molar-refractivity contribution in [1.29, 1.82) is 0 Å². The molecule has 18 heavy (non-hydrogen) atoms. The Kier molecular flexibility index (Phi) is 7.92. The minimum atomic E-state index is -4.91. The summed E-state index contributed by atoms with van der Waals surface area (Å²) >= 11 is -4.91. The van der Waals surface area contributed by atoms with Crippen LogP contribution in [-0.4, -0.2) is 45.1 Å². The van der Waals surface area contributed by atoms with E-state index >= 15 is 0 Å². The van der Waals surface area contributed by atoms with E-state index in [9.17, 15) is 14.4 Å². The third kappa shape index (κ3) is 5.67. The second kappa shape index (κ2) is 8.30. The van der Waals surface area contributed by atoms with Gasteiger partial charge in [0.2, 0.25) is 0 Å². The molecule has 0 saturated heterocycles. The maximum absolute atomic E-state index is 11.3. The molecule has 0 N–H and O–H groups in total. The van der Waals surface area contributed by atoms with Gasteiger partial charge >= 0.3 is 112 Å². The van der Waals surface area contributed by atoms with Gasteiger partial charge in [-0.15, -0.1) is 0 Å². The summed E-state index contributed by atoms with van der Waals surface area (Å²) in [7, 11) is 1.19. The Morgan fingerprint density at radius 2 is 1.06 bits per heavy atom. The third-order valence-corrected chi connectivity index (χ3v) is 7.35. The molecular formula is C10H18O7Sn. The summed E-state index contributed by atoms with van der Waals surface area (Å²) in [6.07, 6.45) is 0.195. The van der Waals surface area contributed by atoms with Crippen molar-refractivity contribution in [2.45, 2.75) is 40.0 Å². The van der Waals surface area contributed by atoms with Gasteiger partial charge in [0.1, 0.15) is 0 Å². The Morgan fingerprint density at radius 1 is 0.778 bits per heavy atom. The van der Waals surface area contributed by atoms with Crippen LogP contribution in [0.3, 0.4) is 0 Å². The molecule has 0 fully saturated rings. The predicted octanol–water partition coefficient (Wildman–Crippen LogP) is 0.928. The molecule has 0 spiro atoms. The molecule has 0 radical (unpaired) electrons. The molecular weight excluding hydrogens is 351 g/mol. The molecule has 0 unspecified atom stereocenters. The zero-order valence-corrected chi connectivity index (χ0v) is 13.8. The zero-order chi connectivity index (χ0) is 14.2. The van der Waals surface area contributed by atoms with Gasteiger partial charge in [-0.3, -0.25) is 0 Å². The Morgan fingerprint density at radius 3 is 1.22 bits per heavy atom. The summed E-state index contributed by atoms with van der Waals surface area (Å²) in [6, 6.07) is 0. The summed E-state index contributed by atoms with van der Waals surface area (Å²) in [5, 5.41) is 0. The van der Waals surface area contributed by atoms with Gasteiger partial charge in [-0.2, -0.15) is 0 Å². The molecule has 0 aromatic heterocycles. The van der Waals surface area contributed by atoms with Crippen LogP contribution in [0.2, 0.25) is 0 Å². The molecule has 0 bridgehead atoms. The molecule has 0 aliphatic carbocycles. The number of hydrogen-bond acceptors (Lipinski definition) is 7. The minimum absolute atomic E-state index is 0.0649. The summed E-state index contributed by atoms with van der Waals surface area (Å²) in [4.78, 5) is 33.9. The molecule has 0 atom stereocenters. The monoisotopic (exact) mass is 370 g/mol. The van der Waals surface area contributed by atoms with Crippen molar-refractivity contribution in [3.63, 3.8) is 0 Å². The van der Waals surface area contributed by atoms with Crippen molar-refractivity contribution >= 4 is 37.9 Å². The topological polar surface area (TPSA) is 88.1 Å². The average molecular weight is 369 g/mol. The van der Waals surface area contributed by atoms with E-state index in [0.29, 0.717) is 0 Å². The van der Waals surface area contributed by atoms with Gasteiger partial charge in [0.25, 0.3) is 0 Å². The van der Waals surface area contributed by atoms with Gasteiger partial charge in [-0.25, -0.2) is 0 Å². The van der Waals surface area contributed by atoms with Crippen molar-refractivity contribution in [2.24, 2.45) is 0 Å². The number of rotatable bonds is 7. The van der Waals surface area contributed by atoms with E-state index in [4.69, 9.17) is 12.3 Å². The van der Waals surface area contributed by atoms with Crippen LogP contribution in [0.5, 0.6) is 0 Å². The van der Waals surface area contributed by atoms with E-state index in [2.05, 4.69) is 0 Å². The zero-order valence-electron chi connectivity index (χ0n) is 11.0. The van der Waals surface area contributed by atoms with Crippen LogP contribution in [0.25, 0.3) is 0 Å². The van der Waals surface area contributed by atoms with Gasteiger partial charge in [0.05, 0.1) is 0 Å². The maximum atomic E-state index is 11.3. The fourth-order valence-electron chi connectivity index (χ4n) is 0.822. The molecule has 104 valence electrons. The average Bonchev–Trinajstić information content (AvgIpc) is 2.37. The quantitative estimate of drug-likeness (QED) is 0.617. The van der Waals surface area contributed by atoms with Crippen LogP contribution < -0.4 is 0 Å². The van der Waals surface area contributed by atoms with Gasteiger partial charge < -0.3 is 0 Å². The first-order valence-electron chi connectivity index (χ1n) is 5.63. The van der Waals surface area contributed by atoms with Crippen LogP contribution in [0, 0.1) is 0 Å². The summed E-state index contributed by atoms with van der Waals surface area (Å²) in [5.74, 6) is -1.92. The first-order chi connectivity index (χ1) is 8.42. The molecule has 0 aliphatic rings. The third-order valence-electron chi connectivity index (χ3n) is 1.83. The number of carbonyl (C=O) groups excluding carboxylic acids is 3. The van der Waals surface area contributed by atoms with Crippen molar-refractivity contribution in [3.05, 3.63) is 0 Å². The molecule has 0 saturated carbocycles.